The minimum atomic E-state index is -0.767. The lowest BCUT2D eigenvalue weighted by Gasteiger charge is -2.35. The minimum absolute atomic E-state index is 0.0911. The smallest absolute Gasteiger partial charge is 0.221 e. The standard InChI is InChI=1S/C32H37Cl2N3O3/c1-23(38)37-18-16-36(17-19-37)15-14-31(39)30(21-24-12-13-28(33)29(34)20-24)35-32(40)22-27(25-8-4-2-5-9-25)26-10-6-3-7-11-26/h2-13,20,27,30-31,39H,14-19,21-22H2,1H3,(H,35,40)/t30-,31?/m0/s1. The maximum Gasteiger partial charge on any atom is 0.221 e. The van der Waals surface area contributed by atoms with Crippen LogP contribution in [0.15, 0.2) is 78.9 Å². The van der Waals surface area contributed by atoms with Crippen LogP contribution in [0.5, 0.6) is 0 Å². The predicted octanol–water partition coefficient (Wildman–Crippen LogP) is 5.16. The van der Waals surface area contributed by atoms with Gasteiger partial charge in [0.25, 0.3) is 0 Å². The Morgan fingerprint density at radius 1 is 0.875 bits per heavy atom. The highest BCUT2D eigenvalue weighted by Crippen LogP contribution is 2.28. The number of carbonyl (C=O) groups is 2. The number of piperazine rings is 1. The summed E-state index contributed by atoms with van der Waals surface area (Å²) >= 11 is 12.4. The van der Waals surface area contributed by atoms with Gasteiger partial charge in [-0.25, -0.2) is 0 Å². The van der Waals surface area contributed by atoms with Crippen molar-refractivity contribution < 1.29 is 14.7 Å². The Labute approximate surface area is 246 Å². The summed E-state index contributed by atoms with van der Waals surface area (Å²) in [7, 11) is 0. The summed E-state index contributed by atoms with van der Waals surface area (Å²) in [5, 5.41) is 15.4. The molecule has 0 bridgehead atoms. The first-order valence-corrected chi connectivity index (χ1v) is 14.5. The van der Waals surface area contributed by atoms with Gasteiger partial charge in [-0.05, 0) is 41.7 Å². The highest BCUT2D eigenvalue weighted by molar-refractivity contribution is 6.42. The Balaban J connectivity index is 1.46. The van der Waals surface area contributed by atoms with Crippen LogP contribution in [0.3, 0.4) is 0 Å². The molecule has 6 nitrogen and oxygen atoms in total. The van der Waals surface area contributed by atoms with Crippen molar-refractivity contribution in [3.63, 3.8) is 0 Å². The molecule has 2 N–H and O–H groups in total. The van der Waals surface area contributed by atoms with E-state index in [4.69, 9.17) is 23.2 Å². The number of amides is 2. The second kappa shape index (κ2) is 14.6. The van der Waals surface area contributed by atoms with Gasteiger partial charge in [0.2, 0.25) is 11.8 Å². The quantitative estimate of drug-likeness (QED) is 0.328. The SMILES string of the molecule is CC(=O)N1CCN(CCC(O)[C@H](Cc2ccc(Cl)c(Cl)c2)NC(=O)CC(c2ccccc2)c2ccccc2)CC1. The number of rotatable bonds is 11. The molecular formula is C32H37Cl2N3O3. The molecule has 2 amide bonds. The molecule has 0 aliphatic carbocycles. The molecule has 0 spiro atoms. The number of nitrogens with one attached hydrogen (secondary N) is 1. The third-order valence-electron chi connectivity index (χ3n) is 7.60. The molecule has 4 rings (SSSR count). The fourth-order valence-electron chi connectivity index (χ4n) is 5.26. The zero-order chi connectivity index (χ0) is 28.5. The van der Waals surface area contributed by atoms with Crippen LogP contribution in [0.4, 0.5) is 0 Å². The zero-order valence-corrected chi connectivity index (χ0v) is 24.3. The second-order valence-corrected chi connectivity index (χ2v) is 11.2. The Bertz CT molecular complexity index is 1210. The van der Waals surface area contributed by atoms with Crippen molar-refractivity contribution >= 4 is 35.0 Å². The number of aliphatic hydroxyl groups is 1. The summed E-state index contributed by atoms with van der Waals surface area (Å²) in [6.07, 6.45) is 0.401. The molecule has 2 atom stereocenters. The molecule has 212 valence electrons. The molecule has 1 fully saturated rings. The number of nitrogens with zero attached hydrogens (tertiary/aromatic N) is 2. The summed E-state index contributed by atoms with van der Waals surface area (Å²) in [5.74, 6) is -0.145. The zero-order valence-electron chi connectivity index (χ0n) is 22.8. The van der Waals surface area contributed by atoms with E-state index < -0.39 is 12.1 Å². The van der Waals surface area contributed by atoms with Gasteiger partial charge in [-0.15, -0.1) is 0 Å². The molecule has 1 aliphatic rings. The molecule has 40 heavy (non-hydrogen) atoms. The van der Waals surface area contributed by atoms with Crippen LogP contribution < -0.4 is 5.32 Å². The van der Waals surface area contributed by atoms with Crippen molar-refractivity contribution in [1.82, 2.24) is 15.1 Å². The fraction of sp³-hybridized carbons (Fsp3) is 0.375. The van der Waals surface area contributed by atoms with Crippen LogP contribution in [-0.4, -0.2) is 71.6 Å². The van der Waals surface area contributed by atoms with E-state index in [1.165, 1.54) is 0 Å². The Hall–Kier alpha value is -2.90. The molecule has 1 saturated heterocycles. The molecule has 1 heterocycles. The van der Waals surface area contributed by atoms with Gasteiger partial charge in [0.1, 0.15) is 0 Å². The highest BCUT2D eigenvalue weighted by Gasteiger charge is 2.26. The van der Waals surface area contributed by atoms with Crippen molar-refractivity contribution in [2.75, 3.05) is 32.7 Å². The van der Waals surface area contributed by atoms with Crippen molar-refractivity contribution in [2.45, 2.75) is 44.2 Å². The van der Waals surface area contributed by atoms with E-state index in [0.29, 0.717) is 42.5 Å². The molecule has 1 aliphatic heterocycles. The summed E-state index contributed by atoms with van der Waals surface area (Å²) < 4.78 is 0. The number of halogens is 2. The molecule has 0 saturated carbocycles. The van der Waals surface area contributed by atoms with E-state index in [2.05, 4.69) is 10.2 Å². The van der Waals surface area contributed by atoms with E-state index >= 15 is 0 Å². The van der Waals surface area contributed by atoms with E-state index in [0.717, 1.165) is 29.8 Å². The molecule has 0 radical (unpaired) electrons. The maximum absolute atomic E-state index is 13.5. The third kappa shape index (κ3) is 8.55. The van der Waals surface area contributed by atoms with Gasteiger partial charge in [0.15, 0.2) is 0 Å². The molecule has 1 unspecified atom stereocenters. The third-order valence-corrected chi connectivity index (χ3v) is 8.34. The summed E-state index contributed by atoms with van der Waals surface area (Å²) in [6.45, 7) is 5.19. The lowest BCUT2D eigenvalue weighted by Crippen LogP contribution is -2.50. The van der Waals surface area contributed by atoms with Crippen LogP contribution >= 0.6 is 23.2 Å². The van der Waals surface area contributed by atoms with Gasteiger partial charge in [-0.2, -0.15) is 0 Å². The minimum Gasteiger partial charge on any atom is -0.391 e. The molecule has 3 aromatic rings. The van der Waals surface area contributed by atoms with E-state index in [9.17, 15) is 14.7 Å². The van der Waals surface area contributed by atoms with Gasteiger partial charge in [0.05, 0.1) is 22.2 Å². The number of carbonyl (C=O) groups excluding carboxylic acids is 2. The van der Waals surface area contributed by atoms with Crippen LogP contribution in [0.25, 0.3) is 0 Å². The van der Waals surface area contributed by atoms with Gasteiger partial charge in [-0.1, -0.05) is 89.9 Å². The first kappa shape index (κ1) is 30.1. The van der Waals surface area contributed by atoms with E-state index in [1.54, 1.807) is 19.1 Å². The number of aliphatic hydroxyl groups excluding tert-OH is 1. The predicted molar refractivity (Wildman–Crippen MR) is 161 cm³/mol. The maximum atomic E-state index is 13.5. The van der Waals surface area contributed by atoms with E-state index in [1.807, 2.05) is 71.6 Å². The van der Waals surface area contributed by atoms with Crippen LogP contribution in [0.2, 0.25) is 10.0 Å². The lowest BCUT2D eigenvalue weighted by atomic mass is 9.88. The van der Waals surface area contributed by atoms with Crippen molar-refractivity contribution in [3.05, 3.63) is 106 Å². The average molecular weight is 583 g/mol. The van der Waals surface area contributed by atoms with Crippen molar-refractivity contribution in [1.29, 1.82) is 0 Å². The monoisotopic (exact) mass is 581 g/mol. The summed E-state index contributed by atoms with van der Waals surface area (Å²) in [4.78, 5) is 29.3. The fourth-order valence-corrected chi connectivity index (χ4v) is 5.58. The van der Waals surface area contributed by atoms with Crippen LogP contribution in [-0.2, 0) is 16.0 Å². The lowest BCUT2D eigenvalue weighted by molar-refractivity contribution is -0.130. The Morgan fingerprint density at radius 3 is 2.02 bits per heavy atom. The van der Waals surface area contributed by atoms with E-state index in [-0.39, 0.29) is 24.2 Å². The molecular weight excluding hydrogens is 545 g/mol. The highest BCUT2D eigenvalue weighted by atomic mass is 35.5. The molecule has 3 aromatic carbocycles. The first-order valence-electron chi connectivity index (χ1n) is 13.8. The second-order valence-electron chi connectivity index (χ2n) is 10.4. The first-order chi connectivity index (χ1) is 19.3. The number of hydrogen-bond donors (Lipinski definition) is 2. The van der Waals surface area contributed by atoms with Crippen LogP contribution in [0.1, 0.15) is 42.4 Å². The topological polar surface area (TPSA) is 72.9 Å². The normalized spacial score (nSPS) is 15.6. The molecule has 8 heteroatoms. The Kier molecular flexibility index (Phi) is 11.0. The van der Waals surface area contributed by atoms with Crippen molar-refractivity contribution in [3.8, 4) is 0 Å². The van der Waals surface area contributed by atoms with Gasteiger partial charge in [-0.3, -0.25) is 14.5 Å². The van der Waals surface area contributed by atoms with Crippen molar-refractivity contribution in [2.24, 2.45) is 0 Å². The summed E-state index contributed by atoms with van der Waals surface area (Å²) in [6, 6.07) is 24.9. The molecule has 0 aromatic heterocycles. The van der Waals surface area contributed by atoms with Crippen LogP contribution in [0, 0.1) is 0 Å². The van der Waals surface area contributed by atoms with Gasteiger partial charge < -0.3 is 15.3 Å². The average Bonchev–Trinajstić information content (AvgIpc) is 2.97. The van der Waals surface area contributed by atoms with Gasteiger partial charge >= 0.3 is 0 Å². The Morgan fingerprint density at radius 2 is 1.48 bits per heavy atom. The largest absolute Gasteiger partial charge is 0.391 e. The number of hydrogen-bond acceptors (Lipinski definition) is 4. The summed E-state index contributed by atoms with van der Waals surface area (Å²) in [5.41, 5.74) is 3.02. The number of benzene rings is 3. The van der Waals surface area contributed by atoms with Gasteiger partial charge in [0, 0.05) is 52.0 Å².